The first kappa shape index (κ1) is 28.3. The number of hydrogen-bond acceptors (Lipinski definition) is 6. The smallest absolute Gasteiger partial charge is 0.253 e. The number of rotatable bonds is 8. The van der Waals surface area contributed by atoms with E-state index in [4.69, 9.17) is 16.6 Å². The molecule has 2 aromatic heterocycles. The molecule has 2 aromatic carbocycles. The number of fused-ring (bicyclic) bond motifs is 1. The molecule has 0 unspecified atom stereocenters. The Morgan fingerprint density at radius 3 is 2.76 bits per heavy atom. The molecule has 1 atom stereocenters. The van der Waals surface area contributed by atoms with E-state index in [-0.39, 0.29) is 17.9 Å². The summed E-state index contributed by atoms with van der Waals surface area (Å²) < 4.78 is 0. The zero-order valence-corrected chi connectivity index (χ0v) is 24.0. The molecule has 0 bridgehead atoms. The number of aromatic nitrogens is 3. The summed E-state index contributed by atoms with van der Waals surface area (Å²) in [7, 11) is 3.88. The van der Waals surface area contributed by atoms with Crippen LogP contribution in [0.2, 0.25) is 5.02 Å². The van der Waals surface area contributed by atoms with Crippen molar-refractivity contribution in [2.24, 2.45) is 0 Å². The summed E-state index contributed by atoms with van der Waals surface area (Å²) in [4.78, 5) is 41.8. The van der Waals surface area contributed by atoms with Crippen molar-refractivity contribution >= 4 is 46.0 Å². The van der Waals surface area contributed by atoms with Crippen LogP contribution in [-0.2, 0) is 4.79 Å². The molecule has 0 radical (unpaired) electrons. The van der Waals surface area contributed by atoms with E-state index in [2.05, 4.69) is 20.6 Å². The van der Waals surface area contributed by atoms with Crippen molar-refractivity contribution in [3.8, 4) is 11.3 Å². The molecule has 9 nitrogen and oxygen atoms in total. The second-order valence-corrected chi connectivity index (χ2v) is 10.9. The van der Waals surface area contributed by atoms with Gasteiger partial charge in [-0.3, -0.25) is 9.59 Å². The molecule has 5 rings (SSSR count). The largest absolute Gasteiger partial charge is 0.360 e. The summed E-state index contributed by atoms with van der Waals surface area (Å²) in [5, 5.41) is 7.79. The quantitative estimate of drug-likeness (QED) is 0.243. The van der Waals surface area contributed by atoms with E-state index in [0.717, 1.165) is 35.7 Å². The van der Waals surface area contributed by atoms with Gasteiger partial charge in [0.1, 0.15) is 0 Å². The van der Waals surface area contributed by atoms with Gasteiger partial charge in [0.05, 0.1) is 16.9 Å². The number of H-pyrrole nitrogens is 1. The number of amides is 2. The number of halogens is 1. The second-order valence-electron chi connectivity index (χ2n) is 10.5. The predicted octanol–water partition coefficient (Wildman–Crippen LogP) is 5.44. The molecule has 3 N–H and O–H groups in total. The van der Waals surface area contributed by atoms with E-state index < -0.39 is 0 Å². The number of anilines is 2. The first-order chi connectivity index (χ1) is 19.9. The molecule has 41 heavy (non-hydrogen) atoms. The first-order valence-corrected chi connectivity index (χ1v) is 14.1. The molecular weight excluding hydrogens is 538 g/mol. The summed E-state index contributed by atoms with van der Waals surface area (Å²) in [6, 6.07) is 15.0. The van der Waals surface area contributed by atoms with Crippen molar-refractivity contribution in [1.82, 2.24) is 24.8 Å². The number of carbonyl (C=O) groups excluding carboxylic acids is 2. The van der Waals surface area contributed by atoms with E-state index >= 15 is 0 Å². The summed E-state index contributed by atoms with van der Waals surface area (Å²) in [6.45, 7) is 1.89. The van der Waals surface area contributed by atoms with Gasteiger partial charge < -0.3 is 25.4 Å². The highest BCUT2D eigenvalue weighted by atomic mass is 35.5. The Balaban J connectivity index is 1.24. The van der Waals surface area contributed by atoms with E-state index in [1.165, 1.54) is 6.08 Å². The van der Waals surface area contributed by atoms with Gasteiger partial charge in [0.15, 0.2) is 0 Å². The summed E-state index contributed by atoms with van der Waals surface area (Å²) in [6.07, 6.45) is 9.63. The van der Waals surface area contributed by atoms with Crippen LogP contribution in [0.3, 0.4) is 0 Å². The number of nitrogens with one attached hydrogen (secondary N) is 3. The summed E-state index contributed by atoms with van der Waals surface area (Å²) >= 11 is 6.51. The van der Waals surface area contributed by atoms with Crippen molar-refractivity contribution in [1.29, 1.82) is 0 Å². The third kappa shape index (κ3) is 7.11. The van der Waals surface area contributed by atoms with E-state index in [1.807, 2.05) is 54.4 Å². The standard InChI is InChI=1S/C31H34ClN7O2/c1-38(2)16-7-11-28(40)35-22-14-12-21(13-15-22)30(41)39-17-6-5-8-23(20-39)36-31-34-19-26(32)29(37-31)25-18-33-27-10-4-3-9-24(25)27/h3-4,7,9-15,18-19,23,33H,5-6,8,16-17,20H2,1-2H3,(H,35,40)(H,34,36,37)/b11-7+/t23-/m1/s1. The minimum absolute atomic E-state index is 0.00837. The number of nitrogens with zero attached hydrogens (tertiary/aromatic N) is 4. The van der Waals surface area contributed by atoms with E-state index in [9.17, 15) is 9.59 Å². The Morgan fingerprint density at radius 2 is 1.95 bits per heavy atom. The van der Waals surface area contributed by atoms with Gasteiger partial charge in [-0.1, -0.05) is 35.9 Å². The molecule has 0 saturated carbocycles. The van der Waals surface area contributed by atoms with Crippen LogP contribution < -0.4 is 10.6 Å². The van der Waals surface area contributed by atoms with Gasteiger partial charge in [0, 0.05) is 65.7 Å². The SMILES string of the molecule is CN(C)C/C=C/C(=O)Nc1ccc(C(=O)N2CCCC[C@@H](Nc3ncc(Cl)c(-c4c[nH]c5ccccc45)n3)C2)cc1. The highest BCUT2D eigenvalue weighted by Gasteiger charge is 2.24. The zero-order chi connectivity index (χ0) is 28.8. The average molecular weight is 572 g/mol. The number of likely N-dealkylation sites (tertiary alicyclic amines) is 1. The van der Waals surface area contributed by atoms with Crippen LogP contribution in [0.4, 0.5) is 11.6 Å². The third-order valence-electron chi connectivity index (χ3n) is 7.02. The van der Waals surface area contributed by atoms with Crippen LogP contribution >= 0.6 is 11.6 Å². The molecule has 1 aliphatic rings. The Bertz CT molecular complexity index is 1550. The van der Waals surface area contributed by atoms with Crippen LogP contribution in [0.15, 0.2) is 73.1 Å². The third-order valence-corrected chi connectivity index (χ3v) is 7.30. The van der Waals surface area contributed by atoms with Gasteiger partial charge in [-0.05, 0) is 63.7 Å². The number of para-hydroxylation sites is 1. The average Bonchev–Trinajstić information content (AvgIpc) is 3.25. The minimum Gasteiger partial charge on any atom is -0.360 e. The van der Waals surface area contributed by atoms with Gasteiger partial charge in [0.25, 0.3) is 5.91 Å². The lowest BCUT2D eigenvalue weighted by atomic mass is 10.1. The van der Waals surface area contributed by atoms with Gasteiger partial charge >= 0.3 is 0 Å². The molecule has 1 aliphatic heterocycles. The molecule has 4 aromatic rings. The van der Waals surface area contributed by atoms with Gasteiger partial charge in [0.2, 0.25) is 11.9 Å². The van der Waals surface area contributed by atoms with Crippen molar-refractivity contribution in [3.05, 3.63) is 83.7 Å². The number of likely N-dealkylation sites (N-methyl/N-ethyl adjacent to an activating group) is 1. The van der Waals surface area contributed by atoms with E-state index in [1.54, 1.807) is 36.5 Å². The van der Waals surface area contributed by atoms with Crippen LogP contribution in [0.1, 0.15) is 29.6 Å². The number of benzene rings is 2. The lowest BCUT2D eigenvalue weighted by Crippen LogP contribution is -2.39. The van der Waals surface area contributed by atoms with Crippen molar-refractivity contribution in [2.75, 3.05) is 44.4 Å². The maximum absolute atomic E-state index is 13.4. The lowest BCUT2D eigenvalue weighted by molar-refractivity contribution is -0.111. The van der Waals surface area contributed by atoms with Crippen LogP contribution in [-0.4, -0.2) is 76.3 Å². The van der Waals surface area contributed by atoms with Crippen LogP contribution in [0.5, 0.6) is 0 Å². The minimum atomic E-state index is -0.204. The molecule has 1 fully saturated rings. The Labute approximate surface area is 244 Å². The fourth-order valence-corrected chi connectivity index (χ4v) is 5.15. The number of aromatic amines is 1. The molecule has 212 valence electrons. The predicted molar refractivity (Wildman–Crippen MR) is 164 cm³/mol. The Hall–Kier alpha value is -4.21. The summed E-state index contributed by atoms with van der Waals surface area (Å²) in [5.41, 5.74) is 3.80. The van der Waals surface area contributed by atoms with Gasteiger partial charge in [-0.25, -0.2) is 9.97 Å². The topological polar surface area (TPSA) is 106 Å². The van der Waals surface area contributed by atoms with Crippen molar-refractivity contribution < 1.29 is 9.59 Å². The lowest BCUT2D eigenvalue weighted by Gasteiger charge is -2.25. The highest BCUT2D eigenvalue weighted by Crippen LogP contribution is 2.32. The van der Waals surface area contributed by atoms with Crippen molar-refractivity contribution in [3.63, 3.8) is 0 Å². The fourth-order valence-electron chi connectivity index (χ4n) is 4.95. The van der Waals surface area contributed by atoms with E-state index in [0.29, 0.717) is 47.6 Å². The normalized spacial score (nSPS) is 15.8. The molecular formula is C31H34ClN7O2. The van der Waals surface area contributed by atoms with Crippen molar-refractivity contribution in [2.45, 2.75) is 25.3 Å². The van der Waals surface area contributed by atoms with Gasteiger partial charge in [-0.2, -0.15) is 0 Å². The monoisotopic (exact) mass is 571 g/mol. The first-order valence-electron chi connectivity index (χ1n) is 13.7. The molecule has 0 aliphatic carbocycles. The van der Waals surface area contributed by atoms with Gasteiger partial charge in [-0.15, -0.1) is 0 Å². The fraction of sp³-hybridized carbons (Fsp3) is 0.290. The zero-order valence-electron chi connectivity index (χ0n) is 23.2. The molecule has 3 heterocycles. The molecule has 10 heteroatoms. The Kier molecular flexibility index (Phi) is 8.96. The highest BCUT2D eigenvalue weighted by molar-refractivity contribution is 6.33. The van der Waals surface area contributed by atoms with Crippen LogP contribution in [0.25, 0.3) is 22.2 Å². The number of carbonyl (C=O) groups is 2. The molecule has 0 spiro atoms. The maximum Gasteiger partial charge on any atom is 0.253 e. The Morgan fingerprint density at radius 1 is 1.15 bits per heavy atom. The maximum atomic E-state index is 13.4. The molecule has 2 amide bonds. The molecule has 1 saturated heterocycles. The van der Waals surface area contributed by atoms with Crippen LogP contribution in [0, 0.1) is 0 Å². The number of hydrogen-bond donors (Lipinski definition) is 3. The second kappa shape index (κ2) is 13.0. The summed E-state index contributed by atoms with van der Waals surface area (Å²) in [5.74, 6) is 0.234.